The standard InChI is InChI=1S/C12H14BrClINO/c1-7(13)12(2,3)16-11(17)9-6-8(14)4-5-10(9)15/h4-7H,1-3H3,(H,16,17). The smallest absolute Gasteiger partial charge is 0.252 e. The molecule has 0 saturated carbocycles. The minimum atomic E-state index is -0.317. The molecule has 1 rings (SSSR count). The van der Waals surface area contributed by atoms with E-state index in [-0.39, 0.29) is 16.3 Å². The molecule has 1 N–H and O–H groups in total. The lowest BCUT2D eigenvalue weighted by molar-refractivity contribution is 0.0913. The van der Waals surface area contributed by atoms with E-state index in [2.05, 4.69) is 43.8 Å². The fraction of sp³-hybridized carbons (Fsp3) is 0.417. The van der Waals surface area contributed by atoms with Gasteiger partial charge in [0.25, 0.3) is 5.91 Å². The van der Waals surface area contributed by atoms with Gasteiger partial charge in [-0.2, -0.15) is 0 Å². The van der Waals surface area contributed by atoms with Gasteiger partial charge in [0.1, 0.15) is 0 Å². The number of carbonyl (C=O) groups excluding carboxylic acids is 1. The number of hydrogen-bond donors (Lipinski definition) is 1. The summed E-state index contributed by atoms with van der Waals surface area (Å²) in [5.41, 5.74) is 0.294. The van der Waals surface area contributed by atoms with Gasteiger partial charge in [0.05, 0.1) is 5.56 Å². The third kappa shape index (κ3) is 4.10. The molecule has 1 amide bonds. The van der Waals surface area contributed by atoms with Gasteiger partial charge in [-0.25, -0.2) is 0 Å². The lowest BCUT2D eigenvalue weighted by Crippen LogP contribution is -2.49. The molecule has 0 radical (unpaired) electrons. The molecule has 0 saturated heterocycles. The Morgan fingerprint density at radius 2 is 2.12 bits per heavy atom. The number of rotatable bonds is 3. The van der Waals surface area contributed by atoms with E-state index in [1.165, 1.54) is 0 Å². The summed E-state index contributed by atoms with van der Waals surface area (Å²) in [5, 5.41) is 3.56. The van der Waals surface area contributed by atoms with Gasteiger partial charge in [0, 0.05) is 19.0 Å². The van der Waals surface area contributed by atoms with E-state index in [0.29, 0.717) is 10.6 Å². The van der Waals surface area contributed by atoms with Crippen molar-refractivity contribution in [1.29, 1.82) is 0 Å². The normalized spacial score (nSPS) is 13.3. The predicted molar refractivity (Wildman–Crippen MR) is 84.1 cm³/mol. The Morgan fingerprint density at radius 3 is 2.65 bits per heavy atom. The molecule has 0 aromatic heterocycles. The van der Waals surface area contributed by atoms with E-state index in [9.17, 15) is 4.79 Å². The van der Waals surface area contributed by atoms with Gasteiger partial charge in [0.2, 0.25) is 0 Å². The van der Waals surface area contributed by atoms with Crippen molar-refractivity contribution in [2.24, 2.45) is 0 Å². The quantitative estimate of drug-likeness (QED) is 0.564. The molecule has 1 aromatic rings. The largest absolute Gasteiger partial charge is 0.346 e. The van der Waals surface area contributed by atoms with Crippen LogP contribution in [0.5, 0.6) is 0 Å². The second-order valence-corrected chi connectivity index (χ2v) is 7.39. The highest BCUT2D eigenvalue weighted by Gasteiger charge is 2.26. The highest BCUT2D eigenvalue weighted by molar-refractivity contribution is 14.1. The van der Waals surface area contributed by atoms with Gasteiger partial charge in [0.15, 0.2) is 0 Å². The first-order valence-electron chi connectivity index (χ1n) is 5.15. The van der Waals surface area contributed by atoms with E-state index >= 15 is 0 Å². The number of alkyl halides is 1. The molecule has 0 bridgehead atoms. The summed E-state index contributed by atoms with van der Waals surface area (Å²) in [5.74, 6) is -0.104. The van der Waals surface area contributed by atoms with Gasteiger partial charge in [-0.1, -0.05) is 34.5 Å². The van der Waals surface area contributed by atoms with E-state index in [0.717, 1.165) is 3.57 Å². The van der Waals surface area contributed by atoms with Crippen molar-refractivity contribution in [2.75, 3.05) is 0 Å². The van der Waals surface area contributed by atoms with Crippen LogP contribution in [0, 0.1) is 3.57 Å². The molecule has 2 nitrogen and oxygen atoms in total. The van der Waals surface area contributed by atoms with Crippen LogP contribution in [-0.2, 0) is 0 Å². The molecule has 1 atom stereocenters. The highest BCUT2D eigenvalue weighted by atomic mass is 127. The monoisotopic (exact) mass is 429 g/mol. The second-order valence-electron chi connectivity index (χ2n) is 4.42. The van der Waals surface area contributed by atoms with Crippen LogP contribution in [0.25, 0.3) is 0 Å². The van der Waals surface area contributed by atoms with E-state index in [1.54, 1.807) is 12.1 Å². The Labute approximate surface area is 129 Å². The molecule has 0 spiro atoms. The zero-order valence-electron chi connectivity index (χ0n) is 9.85. The van der Waals surface area contributed by atoms with Crippen LogP contribution in [0.1, 0.15) is 31.1 Å². The maximum absolute atomic E-state index is 12.1. The van der Waals surface area contributed by atoms with Crippen LogP contribution in [0.15, 0.2) is 18.2 Å². The number of carbonyl (C=O) groups is 1. The van der Waals surface area contributed by atoms with Crippen molar-refractivity contribution in [1.82, 2.24) is 5.32 Å². The van der Waals surface area contributed by atoms with Crippen LogP contribution in [0.4, 0.5) is 0 Å². The Morgan fingerprint density at radius 1 is 1.53 bits per heavy atom. The lowest BCUT2D eigenvalue weighted by Gasteiger charge is -2.29. The van der Waals surface area contributed by atoms with E-state index < -0.39 is 0 Å². The van der Waals surface area contributed by atoms with Crippen LogP contribution in [-0.4, -0.2) is 16.3 Å². The third-order valence-corrected chi connectivity index (χ3v) is 4.92. The molecular weight excluding hydrogens is 416 g/mol. The molecule has 17 heavy (non-hydrogen) atoms. The molecule has 5 heteroatoms. The van der Waals surface area contributed by atoms with Crippen molar-refractivity contribution in [3.8, 4) is 0 Å². The summed E-state index contributed by atoms with van der Waals surface area (Å²) in [6, 6.07) is 5.30. The Balaban J connectivity index is 2.94. The molecule has 0 heterocycles. The van der Waals surface area contributed by atoms with Gasteiger partial charge in [-0.05, 0) is 54.6 Å². The predicted octanol–water partition coefficient (Wildman–Crippen LogP) is 4.24. The SMILES string of the molecule is CC(Br)C(C)(C)NC(=O)c1cc(Cl)ccc1I. The minimum Gasteiger partial charge on any atom is -0.346 e. The number of halogens is 3. The fourth-order valence-electron chi connectivity index (χ4n) is 1.13. The van der Waals surface area contributed by atoms with Gasteiger partial charge in [-0.3, -0.25) is 4.79 Å². The molecule has 94 valence electrons. The van der Waals surface area contributed by atoms with E-state index in [4.69, 9.17) is 11.6 Å². The molecule has 0 aliphatic rings. The van der Waals surface area contributed by atoms with Gasteiger partial charge < -0.3 is 5.32 Å². The molecule has 1 unspecified atom stereocenters. The lowest BCUT2D eigenvalue weighted by atomic mass is 10.0. The van der Waals surface area contributed by atoms with Crippen molar-refractivity contribution in [3.63, 3.8) is 0 Å². The van der Waals surface area contributed by atoms with Crippen LogP contribution >= 0.6 is 50.1 Å². The maximum Gasteiger partial charge on any atom is 0.252 e. The number of amides is 1. The Hall–Kier alpha value is 0.190. The first-order valence-corrected chi connectivity index (χ1v) is 7.53. The summed E-state index contributed by atoms with van der Waals surface area (Å²) in [4.78, 5) is 12.3. The van der Waals surface area contributed by atoms with E-state index in [1.807, 2.05) is 26.8 Å². The van der Waals surface area contributed by atoms with Crippen LogP contribution in [0.3, 0.4) is 0 Å². The number of nitrogens with one attached hydrogen (secondary N) is 1. The third-order valence-electron chi connectivity index (χ3n) is 2.60. The van der Waals surface area contributed by atoms with Gasteiger partial charge in [-0.15, -0.1) is 0 Å². The van der Waals surface area contributed by atoms with Crippen molar-refractivity contribution in [2.45, 2.75) is 31.1 Å². The summed E-state index contributed by atoms with van der Waals surface area (Å²) in [6.45, 7) is 5.95. The summed E-state index contributed by atoms with van der Waals surface area (Å²) >= 11 is 11.5. The molecule has 1 aromatic carbocycles. The maximum atomic E-state index is 12.1. The van der Waals surface area contributed by atoms with Crippen molar-refractivity contribution in [3.05, 3.63) is 32.4 Å². The van der Waals surface area contributed by atoms with Crippen LogP contribution < -0.4 is 5.32 Å². The molecule has 0 aliphatic carbocycles. The average molecular weight is 431 g/mol. The topological polar surface area (TPSA) is 29.1 Å². The summed E-state index contributed by atoms with van der Waals surface area (Å²) in [7, 11) is 0. The average Bonchev–Trinajstić information content (AvgIpc) is 2.20. The van der Waals surface area contributed by atoms with Gasteiger partial charge >= 0.3 is 0 Å². The number of hydrogen-bond acceptors (Lipinski definition) is 1. The number of benzene rings is 1. The van der Waals surface area contributed by atoms with Crippen molar-refractivity contribution < 1.29 is 4.79 Å². The summed E-state index contributed by atoms with van der Waals surface area (Å²) in [6.07, 6.45) is 0. The Kier molecular flexibility index (Phi) is 5.28. The molecule has 0 fully saturated rings. The second kappa shape index (κ2) is 5.89. The Bertz CT molecular complexity index is 435. The fourth-order valence-corrected chi connectivity index (χ4v) is 2.00. The highest BCUT2D eigenvalue weighted by Crippen LogP contribution is 2.21. The molecule has 0 aliphatic heterocycles. The first-order chi connectivity index (χ1) is 7.74. The molecular formula is C12H14BrClINO. The zero-order valence-corrected chi connectivity index (χ0v) is 14.4. The summed E-state index contributed by atoms with van der Waals surface area (Å²) < 4.78 is 0.891. The van der Waals surface area contributed by atoms with Crippen LogP contribution in [0.2, 0.25) is 5.02 Å². The zero-order chi connectivity index (χ0) is 13.2. The first kappa shape index (κ1) is 15.2. The van der Waals surface area contributed by atoms with Crippen molar-refractivity contribution >= 4 is 56.0 Å². The minimum absolute atomic E-state index is 0.104.